The van der Waals surface area contributed by atoms with Crippen LogP contribution in [0.3, 0.4) is 0 Å². The van der Waals surface area contributed by atoms with Gasteiger partial charge in [-0.3, -0.25) is 4.90 Å². The van der Waals surface area contributed by atoms with Crippen molar-refractivity contribution < 1.29 is 0 Å². The Morgan fingerprint density at radius 1 is 1.05 bits per heavy atom. The second-order valence-electron chi connectivity index (χ2n) is 8.80. The molecule has 2 aliphatic rings. The summed E-state index contributed by atoms with van der Waals surface area (Å²) >= 11 is 2.12. The predicted octanol–water partition coefficient (Wildman–Crippen LogP) is 3.75. The van der Waals surface area contributed by atoms with E-state index in [0.29, 0.717) is 16.9 Å². The molecule has 3 heteroatoms. The lowest BCUT2D eigenvalue weighted by Gasteiger charge is -2.59. The van der Waals surface area contributed by atoms with E-state index in [1.807, 2.05) is 0 Å². The Morgan fingerprint density at radius 3 is 2.10 bits per heavy atom. The minimum atomic E-state index is 0.208. The van der Waals surface area contributed by atoms with Gasteiger partial charge in [-0.2, -0.15) is 11.8 Å². The van der Waals surface area contributed by atoms with Gasteiger partial charge < -0.3 is 5.73 Å². The summed E-state index contributed by atoms with van der Waals surface area (Å²) in [5, 5.41) is 0.723. The second kappa shape index (κ2) is 5.48. The van der Waals surface area contributed by atoms with Crippen molar-refractivity contribution in [2.75, 3.05) is 18.8 Å². The summed E-state index contributed by atoms with van der Waals surface area (Å²) in [6.07, 6.45) is 3.82. The second-order valence-corrected chi connectivity index (χ2v) is 10.3. The number of nitrogens with two attached hydrogens (primary N) is 1. The van der Waals surface area contributed by atoms with Gasteiger partial charge in [0.25, 0.3) is 0 Å². The van der Waals surface area contributed by atoms with Gasteiger partial charge in [-0.1, -0.05) is 34.6 Å². The van der Waals surface area contributed by atoms with Crippen LogP contribution in [0.25, 0.3) is 0 Å². The molecule has 2 fully saturated rings. The SMILES string of the molecule is CC1SCCN(C2(CN)CC(C)(C)CC(C)(C)C2)C1C. The molecule has 20 heavy (non-hydrogen) atoms. The first-order valence-corrected chi connectivity index (χ1v) is 9.24. The maximum absolute atomic E-state index is 6.37. The zero-order valence-corrected chi connectivity index (χ0v) is 15.1. The van der Waals surface area contributed by atoms with Crippen LogP contribution in [-0.4, -0.2) is 40.6 Å². The first-order valence-electron chi connectivity index (χ1n) is 8.19. The fraction of sp³-hybridized carbons (Fsp3) is 1.00. The molecule has 0 spiro atoms. The van der Waals surface area contributed by atoms with Gasteiger partial charge in [-0.25, -0.2) is 0 Å². The van der Waals surface area contributed by atoms with Gasteiger partial charge in [0.2, 0.25) is 0 Å². The van der Waals surface area contributed by atoms with Crippen molar-refractivity contribution in [2.45, 2.75) is 77.6 Å². The Kier molecular flexibility index (Phi) is 4.56. The number of hydrogen-bond donors (Lipinski definition) is 1. The summed E-state index contributed by atoms with van der Waals surface area (Å²) in [6, 6.07) is 0.641. The highest BCUT2D eigenvalue weighted by atomic mass is 32.2. The van der Waals surface area contributed by atoms with Crippen LogP contribution in [-0.2, 0) is 0 Å². The summed E-state index contributed by atoms with van der Waals surface area (Å²) in [5.41, 5.74) is 7.37. The van der Waals surface area contributed by atoms with E-state index >= 15 is 0 Å². The summed E-state index contributed by atoms with van der Waals surface area (Å²) in [5.74, 6) is 1.26. The van der Waals surface area contributed by atoms with Crippen molar-refractivity contribution in [3.8, 4) is 0 Å². The van der Waals surface area contributed by atoms with Crippen LogP contribution in [0, 0.1) is 10.8 Å². The van der Waals surface area contributed by atoms with Crippen molar-refractivity contribution in [2.24, 2.45) is 16.6 Å². The molecule has 2 rings (SSSR count). The summed E-state index contributed by atoms with van der Waals surface area (Å²) in [6.45, 7) is 16.5. The molecule has 2 N–H and O–H groups in total. The van der Waals surface area contributed by atoms with Crippen molar-refractivity contribution in [3.05, 3.63) is 0 Å². The van der Waals surface area contributed by atoms with Crippen LogP contribution in [0.15, 0.2) is 0 Å². The maximum atomic E-state index is 6.37. The predicted molar refractivity (Wildman–Crippen MR) is 91.3 cm³/mol. The molecular formula is C17H34N2S. The summed E-state index contributed by atoms with van der Waals surface area (Å²) in [7, 11) is 0. The van der Waals surface area contributed by atoms with E-state index in [4.69, 9.17) is 5.73 Å². The average Bonchev–Trinajstić information content (AvgIpc) is 2.28. The molecule has 1 saturated heterocycles. The minimum Gasteiger partial charge on any atom is -0.329 e. The van der Waals surface area contributed by atoms with Gasteiger partial charge in [-0.05, 0) is 37.0 Å². The maximum Gasteiger partial charge on any atom is 0.0345 e. The summed E-state index contributed by atoms with van der Waals surface area (Å²) < 4.78 is 0. The Morgan fingerprint density at radius 2 is 1.60 bits per heavy atom. The van der Waals surface area contributed by atoms with Crippen molar-refractivity contribution in [1.82, 2.24) is 4.90 Å². The third-order valence-corrected chi connectivity index (χ3v) is 6.78. The molecule has 0 aromatic carbocycles. The third kappa shape index (κ3) is 3.20. The van der Waals surface area contributed by atoms with Gasteiger partial charge in [0, 0.05) is 35.7 Å². The molecule has 0 radical (unpaired) electrons. The van der Waals surface area contributed by atoms with Crippen LogP contribution in [0.4, 0.5) is 0 Å². The lowest BCUT2D eigenvalue weighted by molar-refractivity contribution is -0.0586. The molecule has 1 aliphatic heterocycles. The number of rotatable bonds is 2. The Bertz CT molecular complexity index is 335. The molecule has 2 atom stereocenters. The molecule has 1 saturated carbocycles. The molecule has 1 aliphatic carbocycles. The Labute approximate surface area is 130 Å². The van der Waals surface area contributed by atoms with Crippen molar-refractivity contribution in [3.63, 3.8) is 0 Å². The van der Waals surface area contributed by atoms with Gasteiger partial charge in [0.1, 0.15) is 0 Å². The number of nitrogens with zero attached hydrogens (tertiary/aromatic N) is 1. The van der Waals surface area contributed by atoms with Crippen LogP contribution in [0.1, 0.15) is 60.8 Å². The molecule has 2 unspecified atom stereocenters. The number of hydrogen-bond acceptors (Lipinski definition) is 3. The normalized spacial score (nSPS) is 36.8. The zero-order valence-electron chi connectivity index (χ0n) is 14.3. The third-order valence-electron chi connectivity index (χ3n) is 5.45. The fourth-order valence-electron chi connectivity index (χ4n) is 5.33. The van der Waals surface area contributed by atoms with E-state index < -0.39 is 0 Å². The Hall–Kier alpha value is 0.270. The quantitative estimate of drug-likeness (QED) is 0.842. The van der Waals surface area contributed by atoms with Gasteiger partial charge in [0.05, 0.1) is 0 Å². The smallest absolute Gasteiger partial charge is 0.0345 e. The van der Waals surface area contributed by atoms with E-state index in [1.165, 1.54) is 31.6 Å². The Balaban J connectivity index is 2.32. The van der Waals surface area contributed by atoms with Crippen molar-refractivity contribution in [1.29, 1.82) is 0 Å². The van der Waals surface area contributed by atoms with Gasteiger partial charge in [0.15, 0.2) is 0 Å². The molecule has 0 bridgehead atoms. The topological polar surface area (TPSA) is 29.3 Å². The monoisotopic (exact) mass is 298 g/mol. The largest absolute Gasteiger partial charge is 0.329 e. The van der Waals surface area contributed by atoms with E-state index in [1.54, 1.807) is 0 Å². The fourth-order valence-corrected chi connectivity index (χ4v) is 6.43. The van der Waals surface area contributed by atoms with Gasteiger partial charge in [-0.15, -0.1) is 0 Å². The average molecular weight is 299 g/mol. The molecular weight excluding hydrogens is 264 g/mol. The highest BCUT2D eigenvalue weighted by Crippen LogP contribution is 2.53. The van der Waals surface area contributed by atoms with E-state index in [-0.39, 0.29) is 5.54 Å². The van der Waals surface area contributed by atoms with E-state index in [2.05, 4.69) is 58.2 Å². The minimum absolute atomic E-state index is 0.208. The van der Waals surface area contributed by atoms with E-state index in [0.717, 1.165) is 11.8 Å². The molecule has 0 aromatic heterocycles. The van der Waals surface area contributed by atoms with Crippen LogP contribution < -0.4 is 5.73 Å². The highest BCUT2D eigenvalue weighted by molar-refractivity contribution is 8.00. The molecule has 118 valence electrons. The lowest BCUT2D eigenvalue weighted by atomic mass is 9.57. The number of thioether (sulfide) groups is 1. The van der Waals surface area contributed by atoms with Crippen LogP contribution >= 0.6 is 11.8 Å². The standard InChI is InChI=1S/C17H34N2S/c1-13-14(2)20-8-7-19(13)17(12-18)10-15(3,4)9-16(5,6)11-17/h13-14H,7-12,18H2,1-6H3. The summed E-state index contributed by atoms with van der Waals surface area (Å²) in [4.78, 5) is 2.77. The van der Waals surface area contributed by atoms with E-state index in [9.17, 15) is 0 Å². The van der Waals surface area contributed by atoms with Gasteiger partial charge >= 0.3 is 0 Å². The zero-order chi connectivity index (χ0) is 15.2. The molecule has 0 amide bonds. The first kappa shape index (κ1) is 16.6. The van der Waals surface area contributed by atoms with Crippen LogP contribution in [0.5, 0.6) is 0 Å². The molecule has 2 nitrogen and oxygen atoms in total. The van der Waals surface area contributed by atoms with Crippen LogP contribution in [0.2, 0.25) is 0 Å². The lowest BCUT2D eigenvalue weighted by Crippen LogP contribution is -2.65. The molecule has 0 aromatic rings. The first-order chi connectivity index (χ1) is 9.11. The molecule has 1 heterocycles. The highest BCUT2D eigenvalue weighted by Gasteiger charge is 2.51. The van der Waals surface area contributed by atoms with Crippen molar-refractivity contribution >= 4 is 11.8 Å².